The fourth-order valence-electron chi connectivity index (χ4n) is 4.04. The van der Waals surface area contributed by atoms with E-state index < -0.39 is 50.6 Å². The molecule has 14 heteroatoms. The summed E-state index contributed by atoms with van der Waals surface area (Å²) in [5.41, 5.74) is -2.47. The van der Waals surface area contributed by atoms with E-state index in [9.17, 15) is 39.6 Å². The van der Waals surface area contributed by atoms with Crippen molar-refractivity contribution < 1.29 is 49.4 Å². The molecule has 0 bridgehead atoms. The highest BCUT2D eigenvalue weighted by atomic mass is 32.2. The van der Waals surface area contributed by atoms with E-state index in [2.05, 4.69) is 4.98 Å². The van der Waals surface area contributed by atoms with Gasteiger partial charge in [0.2, 0.25) is 0 Å². The first-order valence-electron chi connectivity index (χ1n) is 11.4. The van der Waals surface area contributed by atoms with Gasteiger partial charge in [-0.05, 0) is 61.4 Å². The van der Waals surface area contributed by atoms with E-state index in [4.69, 9.17) is 9.84 Å². The number of carbonyl (C=O) groups is 1. The number of anilines is 1. The fraction of sp³-hybridized carbons (Fsp3) is 0.280. The molecule has 0 aliphatic carbocycles. The summed E-state index contributed by atoms with van der Waals surface area (Å²) in [7, 11) is -4.63. The molecule has 1 atom stereocenters. The van der Waals surface area contributed by atoms with Gasteiger partial charge in [0.05, 0.1) is 28.4 Å². The van der Waals surface area contributed by atoms with E-state index in [0.29, 0.717) is 6.07 Å². The molecular formula is C25H20F6N2O5S. The predicted octanol–water partition coefficient (Wildman–Crippen LogP) is 6.00. The van der Waals surface area contributed by atoms with Crippen LogP contribution in [0.4, 0.5) is 32.0 Å². The van der Waals surface area contributed by atoms with E-state index in [0.717, 1.165) is 34.6 Å². The highest BCUT2D eigenvalue weighted by Crippen LogP contribution is 2.41. The van der Waals surface area contributed by atoms with Crippen LogP contribution in [0.15, 0.2) is 65.6 Å². The lowest BCUT2D eigenvalue weighted by Crippen LogP contribution is -2.43. The molecule has 0 saturated heterocycles. The summed E-state index contributed by atoms with van der Waals surface area (Å²) in [4.78, 5) is 13.9. The SMILES string of the molecule is O=C(O)CCC[C@H]1CN(S(=O)(=O)c2cccc(C(F)(F)F)c2)c2cc(-c3cccc(C(F)(F)F)n3)ccc2O1. The van der Waals surface area contributed by atoms with Crippen LogP contribution < -0.4 is 9.04 Å². The molecular weight excluding hydrogens is 554 g/mol. The maximum absolute atomic E-state index is 13.6. The van der Waals surface area contributed by atoms with Crippen molar-refractivity contribution in [1.29, 1.82) is 0 Å². The summed E-state index contributed by atoms with van der Waals surface area (Å²) in [6.45, 7) is -0.370. The summed E-state index contributed by atoms with van der Waals surface area (Å²) < 4.78 is 113. The first kappa shape index (κ1) is 28.2. The average molecular weight is 574 g/mol. The number of aromatic nitrogens is 1. The van der Waals surface area contributed by atoms with E-state index in [-0.39, 0.29) is 48.5 Å². The van der Waals surface area contributed by atoms with Gasteiger partial charge in [0.15, 0.2) is 0 Å². The molecule has 0 fully saturated rings. The van der Waals surface area contributed by atoms with Crippen LogP contribution in [0.2, 0.25) is 0 Å². The molecule has 7 nitrogen and oxygen atoms in total. The Kier molecular flexibility index (Phi) is 7.52. The van der Waals surface area contributed by atoms with Crippen molar-refractivity contribution in [2.75, 3.05) is 10.8 Å². The van der Waals surface area contributed by atoms with Crippen LogP contribution in [0, 0.1) is 0 Å². The topological polar surface area (TPSA) is 96.8 Å². The van der Waals surface area contributed by atoms with Gasteiger partial charge in [-0.2, -0.15) is 26.3 Å². The molecule has 1 aliphatic rings. The summed E-state index contributed by atoms with van der Waals surface area (Å²) in [5.74, 6) is -1.06. The molecule has 1 aliphatic heterocycles. The number of carboxylic acid groups (broad SMARTS) is 1. The second-order valence-corrected chi connectivity index (χ2v) is 10.5. The van der Waals surface area contributed by atoms with Gasteiger partial charge in [0, 0.05) is 12.0 Å². The van der Waals surface area contributed by atoms with Crippen LogP contribution in [0.1, 0.15) is 30.5 Å². The number of carboxylic acids is 1. The molecule has 4 rings (SSSR count). The van der Waals surface area contributed by atoms with Gasteiger partial charge >= 0.3 is 18.3 Å². The summed E-state index contributed by atoms with van der Waals surface area (Å²) in [6, 6.07) is 10.3. The van der Waals surface area contributed by atoms with Gasteiger partial charge in [-0.3, -0.25) is 9.10 Å². The third-order valence-electron chi connectivity index (χ3n) is 5.89. The summed E-state index contributed by atoms with van der Waals surface area (Å²) >= 11 is 0. The number of nitrogens with zero attached hydrogens (tertiary/aromatic N) is 2. The molecule has 208 valence electrons. The molecule has 2 heterocycles. The minimum absolute atomic E-state index is 0.00727. The number of halogens is 6. The van der Waals surface area contributed by atoms with Gasteiger partial charge in [0.25, 0.3) is 10.0 Å². The Bertz CT molecular complexity index is 1490. The van der Waals surface area contributed by atoms with Crippen LogP contribution >= 0.6 is 0 Å². The Balaban J connectivity index is 1.79. The number of hydrogen-bond acceptors (Lipinski definition) is 5. The lowest BCUT2D eigenvalue weighted by Gasteiger charge is -2.36. The number of aliphatic carboxylic acids is 1. The molecule has 0 saturated carbocycles. The highest BCUT2D eigenvalue weighted by Gasteiger charge is 2.37. The lowest BCUT2D eigenvalue weighted by atomic mass is 10.1. The van der Waals surface area contributed by atoms with E-state index in [1.807, 2.05) is 0 Å². The number of alkyl halides is 6. The Morgan fingerprint density at radius 2 is 1.72 bits per heavy atom. The van der Waals surface area contributed by atoms with Gasteiger partial charge in [-0.25, -0.2) is 13.4 Å². The van der Waals surface area contributed by atoms with Crippen molar-refractivity contribution in [1.82, 2.24) is 4.98 Å². The maximum Gasteiger partial charge on any atom is 0.433 e. The second-order valence-electron chi connectivity index (χ2n) is 8.68. The molecule has 0 radical (unpaired) electrons. The molecule has 2 aromatic carbocycles. The van der Waals surface area contributed by atoms with Gasteiger partial charge in [-0.1, -0.05) is 12.1 Å². The van der Waals surface area contributed by atoms with Gasteiger partial charge in [-0.15, -0.1) is 0 Å². The smallest absolute Gasteiger partial charge is 0.433 e. The maximum atomic E-state index is 13.6. The third kappa shape index (κ3) is 6.27. The number of benzene rings is 2. The Hall–Kier alpha value is -3.81. The van der Waals surface area contributed by atoms with Crippen LogP contribution in [-0.4, -0.2) is 37.1 Å². The predicted molar refractivity (Wildman–Crippen MR) is 127 cm³/mol. The van der Waals surface area contributed by atoms with Gasteiger partial charge < -0.3 is 9.84 Å². The normalized spacial score (nSPS) is 15.9. The minimum Gasteiger partial charge on any atom is -0.486 e. The van der Waals surface area contributed by atoms with Crippen LogP contribution in [0.25, 0.3) is 11.3 Å². The van der Waals surface area contributed by atoms with Crippen LogP contribution in [0.3, 0.4) is 0 Å². The molecule has 1 aromatic heterocycles. The first-order valence-corrected chi connectivity index (χ1v) is 12.9. The number of pyridine rings is 1. The number of sulfonamides is 1. The monoisotopic (exact) mass is 574 g/mol. The highest BCUT2D eigenvalue weighted by molar-refractivity contribution is 7.92. The number of hydrogen-bond donors (Lipinski definition) is 1. The number of fused-ring (bicyclic) bond motifs is 1. The Labute approximate surface area is 218 Å². The quantitative estimate of drug-likeness (QED) is 0.348. The first-order chi connectivity index (χ1) is 18.2. The second kappa shape index (κ2) is 10.4. The molecule has 0 unspecified atom stereocenters. The third-order valence-corrected chi connectivity index (χ3v) is 7.67. The van der Waals surface area contributed by atoms with E-state index in [1.54, 1.807) is 0 Å². The van der Waals surface area contributed by atoms with Crippen molar-refractivity contribution in [3.05, 3.63) is 71.9 Å². The molecule has 39 heavy (non-hydrogen) atoms. The van der Waals surface area contributed by atoms with Crippen molar-refractivity contribution >= 4 is 21.7 Å². The van der Waals surface area contributed by atoms with Crippen molar-refractivity contribution in [2.24, 2.45) is 0 Å². The van der Waals surface area contributed by atoms with E-state index >= 15 is 0 Å². The Morgan fingerprint density at radius 1 is 1.00 bits per heavy atom. The zero-order valence-electron chi connectivity index (χ0n) is 19.8. The number of ether oxygens (including phenoxy) is 1. The molecule has 1 N–H and O–H groups in total. The molecule has 0 amide bonds. The molecule has 3 aromatic rings. The van der Waals surface area contributed by atoms with Crippen molar-refractivity contribution in [3.63, 3.8) is 0 Å². The van der Waals surface area contributed by atoms with E-state index in [1.165, 1.54) is 24.3 Å². The van der Waals surface area contributed by atoms with Gasteiger partial charge in [0.1, 0.15) is 17.5 Å². The zero-order chi connectivity index (χ0) is 28.6. The average Bonchev–Trinajstić information content (AvgIpc) is 2.87. The number of rotatable bonds is 7. The standard InChI is InChI=1S/C25H20F6N2O5S/c26-24(27,28)16-4-1-6-18(13-16)39(36,37)33-14-17(5-2-9-23(34)35)38-21-11-10-15(12-20(21)33)19-7-3-8-22(32-19)25(29,30)31/h1,3-4,6-8,10-13,17H,2,5,9,14H2,(H,34,35)/t17-/m0/s1. The zero-order valence-corrected chi connectivity index (χ0v) is 20.6. The summed E-state index contributed by atoms with van der Waals surface area (Å²) in [5, 5.41) is 8.92. The van der Waals surface area contributed by atoms with Crippen LogP contribution in [0.5, 0.6) is 5.75 Å². The van der Waals surface area contributed by atoms with Crippen LogP contribution in [-0.2, 0) is 27.2 Å². The lowest BCUT2D eigenvalue weighted by molar-refractivity contribution is -0.141. The molecule has 0 spiro atoms. The minimum atomic E-state index is -4.81. The Morgan fingerprint density at radius 3 is 2.38 bits per heavy atom. The summed E-state index contributed by atoms with van der Waals surface area (Å²) in [6.07, 6.45) is -10.3. The van der Waals surface area contributed by atoms with Crippen molar-refractivity contribution in [2.45, 2.75) is 42.6 Å². The fourth-order valence-corrected chi connectivity index (χ4v) is 5.59. The van der Waals surface area contributed by atoms with Crippen molar-refractivity contribution in [3.8, 4) is 17.0 Å². The largest absolute Gasteiger partial charge is 0.486 e.